The second-order valence-corrected chi connectivity index (χ2v) is 7.06. The van der Waals surface area contributed by atoms with Crippen LogP contribution in [0.1, 0.15) is 30.7 Å². The van der Waals surface area contributed by atoms with Crippen molar-refractivity contribution in [2.24, 2.45) is 5.73 Å². The Labute approximate surface area is 140 Å². The van der Waals surface area contributed by atoms with E-state index in [0.717, 1.165) is 30.8 Å². The standard InChI is InChI=1S/C16H17FN4O2S/c1-19-21-12-6-9(7-2-3-8(18)4-7)11(17)5-10(12)14(22)13-15(23)20-24-16(13)21/h5-8,19H,2-4,18H2,1H3,(H,20,23). The van der Waals surface area contributed by atoms with E-state index in [1.807, 2.05) is 0 Å². The molecule has 1 aliphatic carbocycles. The van der Waals surface area contributed by atoms with Gasteiger partial charge in [0.15, 0.2) is 0 Å². The van der Waals surface area contributed by atoms with E-state index in [1.54, 1.807) is 17.8 Å². The van der Waals surface area contributed by atoms with Gasteiger partial charge in [0.25, 0.3) is 5.56 Å². The highest BCUT2D eigenvalue weighted by atomic mass is 32.1. The average Bonchev–Trinajstić information content (AvgIpc) is 3.15. The molecule has 4 N–H and O–H groups in total. The first-order chi connectivity index (χ1) is 11.5. The smallest absolute Gasteiger partial charge is 0.271 e. The molecule has 4 rings (SSSR count). The fourth-order valence-corrected chi connectivity index (χ4v) is 4.53. The van der Waals surface area contributed by atoms with Crippen LogP contribution < -0.4 is 22.1 Å². The number of aromatic amines is 1. The lowest BCUT2D eigenvalue weighted by molar-refractivity contribution is 0.578. The van der Waals surface area contributed by atoms with Crippen LogP contribution >= 0.6 is 11.5 Å². The van der Waals surface area contributed by atoms with Crippen molar-refractivity contribution in [1.82, 2.24) is 9.05 Å². The summed E-state index contributed by atoms with van der Waals surface area (Å²) in [6.45, 7) is 0. The molecule has 0 spiro atoms. The van der Waals surface area contributed by atoms with Crippen LogP contribution in [-0.2, 0) is 0 Å². The number of aromatic nitrogens is 2. The molecule has 0 bridgehead atoms. The van der Waals surface area contributed by atoms with Crippen LogP contribution in [0.2, 0.25) is 0 Å². The summed E-state index contributed by atoms with van der Waals surface area (Å²) < 4.78 is 18.9. The lowest BCUT2D eigenvalue weighted by atomic mass is 9.95. The first-order valence-electron chi connectivity index (χ1n) is 7.84. The summed E-state index contributed by atoms with van der Waals surface area (Å²) in [4.78, 5) is 25.0. The zero-order valence-electron chi connectivity index (χ0n) is 13.1. The second-order valence-electron chi connectivity index (χ2n) is 6.26. The van der Waals surface area contributed by atoms with Crippen molar-refractivity contribution in [3.8, 4) is 0 Å². The molecule has 1 fully saturated rings. The van der Waals surface area contributed by atoms with Crippen LogP contribution in [0.25, 0.3) is 21.1 Å². The highest BCUT2D eigenvalue weighted by Gasteiger charge is 2.27. The monoisotopic (exact) mass is 348 g/mol. The highest BCUT2D eigenvalue weighted by Crippen LogP contribution is 2.36. The zero-order chi connectivity index (χ0) is 17.0. The number of fused-ring (bicyclic) bond motifs is 2. The maximum atomic E-state index is 14.6. The number of halogens is 1. The Morgan fingerprint density at radius 2 is 2.17 bits per heavy atom. The Morgan fingerprint density at radius 1 is 1.38 bits per heavy atom. The summed E-state index contributed by atoms with van der Waals surface area (Å²) in [6, 6.07) is 3.06. The minimum Gasteiger partial charge on any atom is -0.328 e. The predicted octanol–water partition coefficient (Wildman–Crippen LogP) is 1.81. The number of benzene rings is 1. The molecule has 1 saturated carbocycles. The van der Waals surface area contributed by atoms with E-state index in [4.69, 9.17) is 5.73 Å². The molecule has 0 amide bonds. The molecular formula is C16H17FN4O2S. The third kappa shape index (κ3) is 2.10. The second kappa shape index (κ2) is 5.42. The first kappa shape index (κ1) is 15.3. The summed E-state index contributed by atoms with van der Waals surface area (Å²) in [7, 11) is 1.70. The zero-order valence-corrected chi connectivity index (χ0v) is 13.9. The number of H-pyrrole nitrogens is 1. The molecule has 6 nitrogen and oxygen atoms in total. The van der Waals surface area contributed by atoms with Crippen molar-refractivity contribution < 1.29 is 4.39 Å². The van der Waals surface area contributed by atoms with Gasteiger partial charge >= 0.3 is 0 Å². The molecule has 126 valence electrons. The number of nitrogens with zero attached hydrogens (tertiary/aromatic N) is 1. The number of nitrogens with two attached hydrogens (primary N) is 1. The van der Waals surface area contributed by atoms with E-state index in [0.29, 0.717) is 15.9 Å². The molecule has 8 heteroatoms. The van der Waals surface area contributed by atoms with Crippen molar-refractivity contribution in [3.05, 3.63) is 44.1 Å². The SMILES string of the molecule is CNn1c2cc(C3CCC(N)C3)c(F)cc2c(=O)c2c(=O)[nH]sc21. The molecule has 1 aliphatic rings. The van der Waals surface area contributed by atoms with E-state index in [1.165, 1.54) is 6.07 Å². The third-order valence-corrected chi connectivity index (χ3v) is 5.72. The number of nitrogens with one attached hydrogen (secondary N) is 2. The lowest BCUT2D eigenvalue weighted by Crippen LogP contribution is -2.20. The molecule has 0 saturated heterocycles. The van der Waals surface area contributed by atoms with Gasteiger partial charge in [0.1, 0.15) is 16.0 Å². The predicted molar refractivity (Wildman–Crippen MR) is 94.0 cm³/mol. The number of hydrogen-bond acceptors (Lipinski definition) is 5. The molecule has 0 radical (unpaired) electrons. The maximum absolute atomic E-state index is 14.6. The van der Waals surface area contributed by atoms with E-state index < -0.39 is 16.8 Å². The van der Waals surface area contributed by atoms with Crippen LogP contribution in [0, 0.1) is 5.82 Å². The van der Waals surface area contributed by atoms with Crippen molar-refractivity contribution in [1.29, 1.82) is 0 Å². The Bertz CT molecular complexity index is 1070. The van der Waals surface area contributed by atoms with Gasteiger partial charge in [-0.1, -0.05) is 0 Å². The average molecular weight is 348 g/mol. The van der Waals surface area contributed by atoms with Gasteiger partial charge in [-0.25, -0.2) is 9.07 Å². The first-order valence-corrected chi connectivity index (χ1v) is 8.65. The summed E-state index contributed by atoms with van der Waals surface area (Å²) in [5.74, 6) is -0.349. The highest BCUT2D eigenvalue weighted by molar-refractivity contribution is 7.12. The molecule has 2 heterocycles. The summed E-state index contributed by atoms with van der Waals surface area (Å²) in [5, 5.41) is 0.251. The van der Waals surface area contributed by atoms with Crippen LogP contribution in [0.3, 0.4) is 0 Å². The van der Waals surface area contributed by atoms with Gasteiger partial charge in [0, 0.05) is 13.1 Å². The van der Waals surface area contributed by atoms with Crippen molar-refractivity contribution >= 4 is 32.7 Å². The third-order valence-electron chi connectivity index (χ3n) is 4.85. The molecule has 1 aromatic carbocycles. The molecule has 2 atom stereocenters. The molecular weight excluding hydrogens is 331 g/mol. The van der Waals surface area contributed by atoms with E-state index >= 15 is 0 Å². The van der Waals surface area contributed by atoms with Gasteiger partial charge in [-0.2, -0.15) is 0 Å². The van der Waals surface area contributed by atoms with Gasteiger partial charge in [-0.3, -0.25) is 14.0 Å². The molecule has 3 aromatic rings. The van der Waals surface area contributed by atoms with Gasteiger partial charge in [0.2, 0.25) is 5.43 Å². The molecule has 2 unspecified atom stereocenters. The molecule has 24 heavy (non-hydrogen) atoms. The van der Waals surface area contributed by atoms with Crippen LogP contribution in [0.15, 0.2) is 21.7 Å². The van der Waals surface area contributed by atoms with Gasteiger partial charge in [-0.05, 0) is 54.4 Å². The maximum Gasteiger partial charge on any atom is 0.271 e. The number of pyridine rings is 1. The summed E-state index contributed by atoms with van der Waals surface area (Å²) in [6.07, 6.45) is 2.46. The lowest BCUT2D eigenvalue weighted by Gasteiger charge is -2.16. The van der Waals surface area contributed by atoms with E-state index in [-0.39, 0.29) is 22.7 Å². The number of hydrogen-bond donors (Lipinski definition) is 3. The normalized spacial score (nSPS) is 21.0. The fraction of sp³-hybridized carbons (Fsp3) is 0.375. The Hall–Kier alpha value is -2.19. The van der Waals surface area contributed by atoms with Gasteiger partial charge < -0.3 is 11.2 Å². The quantitative estimate of drug-likeness (QED) is 0.658. The summed E-state index contributed by atoms with van der Waals surface area (Å²) >= 11 is 1.09. The van der Waals surface area contributed by atoms with Crippen LogP contribution in [0.5, 0.6) is 0 Å². The Balaban J connectivity index is 2.08. The number of rotatable bonds is 2. The van der Waals surface area contributed by atoms with Crippen LogP contribution in [-0.4, -0.2) is 22.1 Å². The Morgan fingerprint density at radius 3 is 2.83 bits per heavy atom. The van der Waals surface area contributed by atoms with Crippen molar-refractivity contribution in [2.75, 3.05) is 12.5 Å². The topological polar surface area (TPSA) is 92.9 Å². The minimum absolute atomic E-state index is 0.0527. The molecule has 0 aliphatic heterocycles. The van der Waals surface area contributed by atoms with Crippen molar-refractivity contribution in [3.63, 3.8) is 0 Å². The molecule has 2 aromatic heterocycles. The van der Waals surface area contributed by atoms with Gasteiger partial charge in [0.05, 0.1) is 10.9 Å². The Kier molecular flexibility index (Phi) is 3.47. The van der Waals surface area contributed by atoms with E-state index in [9.17, 15) is 14.0 Å². The van der Waals surface area contributed by atoms with E-state index in [2.05, 4.69) is 9.80 Å². The minimum atomic E-state index is -0.447. The summed E-state index contributed by atoms with van der Waals surface area (Å²) in [5.41, 5.74) is 9.20. The largest absolute Gasteiger partial charge is 0.328 e. The van der Waals surface area contributed by atoms with Crippen molar-refractivity contribution in [2.45, 2.75) is 31.2 Å². The van der Waals surface area contributed by atoms with Crippen LogP contribution in [0.4, 0.5) is 4.39 Å². The van der Waals surface area contributed by atoms with Gasteiger partial charge in [-0.15, -0.1) is 0 Å². The fourth-order valence-electron chi connectivity index (χ4n) is 3.67.